The van der Waals surface area contributed by atoms with E-state index in [9.17, 15) is 8.42 Å². The largest absolute Gasteiger partial charge is 0.493 e. The summed E-state index contributed by atoms with van der Waals surface area (Å²) in [4.78, 5) is 5.61. The standard InChI is InChI=1S/C22H28N2O5S/c1-24-22(21(15-29-24)30(25,26)23-13-16-8-9-16)18-10-11-19(27-2)20(12-18)28-14-17-6-4-3-5-7-17/h3-7,10-12,16,21-23H,8-9,13-15H2,1-2H3/t21-,22+/m0/s1. The SMILES string of the molecule is COc1ccc([C@@H]2[C@@H](S(=O)(=O)NCC3CC3)CON2C)cc1OCc1ccccc1. The number of ether oxygens (including phenoxy) is 2. The zero-order valence-electron chi connectivity index (χ0n) is 17.3. The second kappa shape index (κ2) is 8.93. The topological polar surface area (TPSA) is 77.1 Å². The van der Waals surface area contributed by atoms with Crippen LogP contribution < -0.4 is 14.2 Å². The zero-order valence-corrected chi connectivity index (χ0v) is 18.1. The van der Waals surface area contributed by atoms with Gasteiger partial charge in [0.15, 0.2) is 11.5 Å². The molecule has 0 unspecified atom stereocenters. The van der Waals surface area contributed by atoms with Crippen molar-refractivity contribution in [3.63, 3.8) is 0 Å². The Balaban J connectivity index is 1.56. The molecule has 2 aromatic carbocycles. The Morgan fingerprint density at radius 1 is 1.13 bits per heavy atom. The van der Waals surface area contributed by atoms with Crippen molar-refractivity contribution in [1.29, 1.82) is 0 Å². The second-order valence-electron chi connectivity index (χ2n) is 7.85. The lowest BCUT2D eigenvalue weighted by Gasteiger charge is -2.24. The van der Waals surface area contributed by atoms with E-state index in [0.29, 0.717) is 30.6 Å². The van der Waals surface area contributed by atoms with Gasteiger partial charge in [-0.3, -0.25) is 4.84 Å². The van der Waals surface area contributed by atoms with Gasteiger partial charge in [-0.1, -0.05) is 36.4 Å². The highest BCUT2D eigenvalue weighted by atomic mass is 32.2. The maximum absolute atomic E-state index is 12.9. The highest BCUT2D eigenvalue weighted by Crippen LogP contribution is 2.38. The first-order valence-electron chi connectivity index (χ1n) is 10.2. The second-order valence-corrected chi connectivity index (χ2v) is 9.83. The van der Waals surface area contributed by atoms with Crippen molar-refractivity contribution in [2.24, 2.45) is 5.92 Å². The van der Waals surface area contributed by atoms with Gasteiger partial charge < -0.3 is 9.47 Å². The van der Waals surface area contributed by atoms with Crippen LogP contribution in [0.1, 0.15) is 30.0 Å². The summed E-state index contributed by atoms with van der Waals surface area (Å²) < 4.78 is 40.1. The minimum Gasteiger partial charge on any atom is -0.493 e. The molecule has 162 valence electrons. The number of sulfonamides is 1. The Morgan fingerprint density at radius 2 is 1.90 bits per heavy atom. The third-order valence-corrected chi connectivity index (χ3v) is 7.38. The molecule has 1 heterocycles. The molecule has 4 rings (SSSR count). The minimum atomic E-state index is -3.52. The number of methoxy groups -OCH3 is 1. The third kappa shape index (κ3) is 4.78. The molecule has 0 aromatic heterocycles. The van der Waals surface area contributed by atoms with E-state index in [1.54, 1.807) is 19.2 Å². The van der Waals surface area contributed by atoms with Crippen molar-refractivity contribution in [1.82, 2.24) is 9.79 Å². The molecule has 1 aliphatic heterocycles. The Bertz CT molecular complexity index is 963. The molecule has 7 nitrogen and oxygen atoms in total. The van der Waals surface area contributed by atoms with E-state index < -0.39 is 21.3 Å². The van der Waals surface area contributed by atoms with Crippen molar-refractivity contribution in [2.45, 2.75) is 30.7 Å². The average Bonchev–Trinajstić information content (AvgIpc) is 3.51. The van der Waals surface area contributed by atoms with Gasteiger partial charge >= 0.3 is 0 Å². The number of nitrogens with one attached hydrogen (secondary N) is 1. The van der Waals surface area contributed by atoms with Crippen molar-refractivity contribution in [3.8, 4) is 11.5 Å². The van der Waals surface area contributed by atoms with Crippen LogP contribution >= 0.6 is 0 Å². The van der Waals surface area contributed by atoms with E-state index in [-0.39, 0.29) is 6.61 Å². The predicted octanol–water partition coefficient (Wildman–Crippen LogP) is 2.89. The highest BCUT2D eigenvalue weighted by molar-refractivity contribution is 7.90. The first kappa shape index (κ1) is 21.1. The van der Waals surface area contributed by atoms with Gasteiger partial charge in [-0.25, -0.2) is 13.1 Å². The van der Waals surface area contributed by atoms with Crippen molar-refractivity contribution >= 4 is 10.0 Å². The number of rotatable bonds is 9. The highest BCUT2D eigenvalue weighted by Gasteiger charge is 2.43. The van der Waals surface area contributed by atoms with Gasteiger partial charge in [0.2, 0.25) is 10.0 Å². The molecule has 2 fully saturated rings. The summed E-state index contributed by atoms with van der Waals surface area (Å²) in [5, 5.41) is 0.917. The van der Waals surface area contributed by atoms with E-state index in [1.807, 2.05) is 48.5 Å². The van der Waals surface area contributed by atoms with Gasteiger partial charge in [0.1, 0.15) is 11.9 Å². The van der Waals surface area contributed by atoms with Gasteiger partial charge in [-0.15, -0.1) is 0 Å². The summed E-state index contributed by atoms with van der Waals surface area (Å²) in [6.07, 6.45) is 2.18. The molecule has 0 amide bonds. The number of hydroxylamine groups is 2. The van der Waals surface area contributed by atoms with Crippen LogP contribution in [0.15, 0.2) is 48.5 Å². The summed E-state index contributed by atoms with van der Waals surface area (Å²) in [5.74, 6) is 1.64. The summed E-state index contributed by atoms with van der Waals surface area (Å²) in [5.41, 5.74) is 1.84. The average molecular weight is 433 g/mol. The van der Waals surface area contributed by atoms with E-state index in [0.717, 1.165) is 24.0 Å². The first-order chi connectivity index (χ1) is 14.5. The third-order valence-electron chi connectivity index (χ3n) is 5.62. The van der Waals surface area contributed by atoms with Crippen LogP contribution in [0.5, 0.6) is 11.5 Å². The Labute approximate surface area is 177 Å². The minimum absolute atomic E-state index is 0.118. The van der Waals surface area contributed by atoms with Crippen LogP contribution in [-0.4, -0.2) is 46.0 Å². The van der Waals surface area contributed by atoms with Crippen LogP contribution in [0.2, 0.25) is 0 Å². The maximum atomic E-state index is 12.9. The summed E-state index contributed by atoms with van der Waals surface area (Å²) in [6.45, 7) is 1.01. The van der Waals surface area contributed by atoms with Crippen molar-refractivity contribution in [2.75, 3.05) is 27.3 Å². The van der Waals surface area contributed by atoms with Crippen LogP contribution in [0.4, 0.5) is 0 Å². The molecule has 2 atom stereocenters. The molecule has 8 heteroatoms. The first-order valence-corrected chi connectivity index (χ1v) is 11.7. The fourth-order valence-electron chi connectivity index (χ4n) is 3.67. The Hall–Kier alpha value is -2.13. The molecular formula is C22H28N2O5S. The number of benzene rings is 2. The molecule has 1 N–H and O–H groups in total. The van der Waals surface area contributed by atoms with E-state index in [2.05, 4.69) is 4.72 Å². The van der Waals surface area contributed by atoms with Gasteiger partial charge in [0, 0.05) is 13.6 Å². The van der Waals surface area contributed by atoms with E-state index in [1.165, 1.54) is 0 Å². The molecule has 1 aliphatic carbocycles. The zero-order chi connectivity index (χ0) is 21.1. The quantitative estimate of drug-likeness (QED) is 0.657. The maximum Gasteiger partial charge on any atom is 0.218 e. The van der Waals surface area contributed by atoms with Crippen molar-refractivity contribution < 1.29 is 22.7 Å². The lowest BCUT2D eigenvalue weighted by atomic mass is 10.0. The molecule has 1 saturated carbocycles. The Morgan fingerprint density at radius 3 is 2.60 bits per heavy atom. The predicted molar refractivity (Wildman–Crippen MR) is 114 cm³/mol. The fourth-order valence-corrected chi connectivity index (χ4v) is 5.26. The number of nitrogens with zero attached hydrogens (tertiary/aromatic N) is 1. The fraction of sp³-hybridized carbons (Fsp3) is 0.455. The van der Waals surface area contributed by atoms with Crippen LogP contribution in [0.25, 0.3) is 0 Å². The smallest absolute Gasteiger partial charge is 0.218 e. The van der Waals surface area contributed by atoms with Crippen LogP contribution in [-0.2, 0) is 21.5 Å². The summed E-state index contributed by atoms with van der Waals surface area (Å²) in [7, 11) is -0.171. The van der Waals surface area contributed by atoms with Gasteiger partial charge in [-0.2, -0.15) is 5.06 Å². The summed E-state index contributed by atoms with van der Waals surface area (Å²) >= 11 is 0. The summed E-state index contributed by atoms with van der Waals surface area (Å²) in [6, 6.07) is 14.9. The number of hydrogen-bond acceptors (Lipinski definition) is 6. The van der Waals surface area contributed by atoms with E-state index in [4.69, 9.17) is 14.3 Å². The number of hydrogen-bond donors (Lipinski definition) is 1. The molecular weight excluding hydrogens is 404 g/mol. The van der Waals surface area contributed by atoms with Gasteiger partial charge in [-0.05, 0) is 42.0 Å². The molecule has 1 saturated heterocycles. The van der Waals surface area contributed by atoms with Crippen LogP contribution in [0.3, 0.4) is 0 Å². The lowest BCUT2D eigenvalue weighted by Crippen LogP contribution is -2.40. The van der Waals surface area contributed by atoms with Gasteiger partial charge in [0.25, 0.3) is 0 Å². The normalized spacial score (nSPS) is 22.2. The molecule has 0 spiro atoms. The van der Waals surface area contributed by atoms with Crippen molar-refractivity contribution in [3.05, 3.63) is 59.7 Å². The van der Waals surface area contributed by atoms with E-state index >= 15 is 0 Å². The Kier molecular flexibility index (Phi) is 6.29. The molecule has 30 heavy (non-hydrogen) atoms. The van der Waals surface area contributed by atoms with Gasteiger partial charge in [0.05, 0.1) is 19.8 Å². The van der Waals surface area contributed by atoms with Crippen LogP contribution in [0, 0.1) is 5.92 Å². The molecule has 2 aliphatic rings. The lowest BCUT2D eigenvalue weighted by molar-refractivity contribution is -0.110. The molecule has 0 bridgehead atoms. The molecule has 2 aromatic rings. The monoisotopic (exact) mass is 432 g/mol. The molecule has 0 radical (unpaired) electrons.